The van der Waals surface area contributed by atoms with Crippen molar-refractivity contribution in [2.75, 3.05) is 6.26 Å². The lowest BCUT2D eigenvalue weighted by Gasteiger charge is -2.28. The third kappa shape index (κ3) is 3.58. The number of pyridine rings is 1. The average Bonchev–Trinajstić information content (AvgIpc) is 2.53. The Bertz CT molecular complexity index is 603. The van der Waals surface area contributed by atoms with Crippen LogP contribution in [0.15, 0.2) is 30.3 Å². The summed E-state index contributed by atoms with van der Waals surface area (Å²) in [6, 6.07) is 11.4. The quantitative estimate of drug-likeness (QED) is 0.911. The Kier molecular flexibility index (Phi) is 4.81. The number of thioether (sulfide) groups is 1. The number of para-hydroxylation sites is 1. The summed E-state index contributed by atoms with van der Waals surface area (Å²) in [7, 11) is 0. The van der Waals surface area contributed by atoms with Crippen molar-refractivity contribution >= 4 is 22.7 Å². The SMILES string of the molecule is CSC1CCC(NCc2cc(C)nc3ccccc23)CC1. The van der Waals surface area contributed by atoms with Crippen LogP contribution in [0.5, 0.6) is 0 Å². The Balaban J connectivity index is 1.68. The lowest BCUT2D eigenvalue weighted by molar-refractivity contribution is 0.379. The molecule has 1 aromatic carbocycles. The molecule has 1 N–H and O–H groups in total. The van der Waals surface area contributed by atoms with Gasteiger partial charge in [0.2, 0.25) is 0 Å². The molecule has 0 atom stereocenters. The maximum absolute atomic E-state index is 4.62. The number of nitrogens with one attached hydrogen (secondary N) is 1. The number of aromatic nitrogens is 1. The molecular weight excluding hydrogens is 276 g/mol. The molecule has 2 nitrogen and oxygen atoms in total. The van der Waals surface area contributed by atoms with Crippen LogP contribution in [-0.4, -0.2) is 22.5 Å². The van der Waals surface area contributed by atoms with Crippen molar-refractivity contribution < 1.29 is 0 Å². The third-order valence-electron chi connectivity index (χ3n) is 4.52. The second kappa shape index (κ2) is 6.80. The van der Waals surface area contributed by atoms with Crippen molar-refractivity contribution in [1.82, 2.24) is 10.3 Å². The van der Waals surface area contributed by atoms with E-state index in [9.17, 15) is 0 Å². The van der Waals surface area contributed by atoms with E-state index in [0.29, 0.717) is 6.04 Å². The predicted octanol–water partition coefficient (Wildman–Crippen LogP) is 4.31. The molecule has 1 aliphatic rings. The molecule has 21 heavy (non-hydrogen) atoms. The topological polar surface area (TPSA) is 24.9 Å². The molecule has 0 aliphatic heterocycles. The lowest BCUT2D eigenvalue weighted by atomic mass is 9.94. The van der Waals surface area contributed by atoms with Crippen LogP contribution in [0.3, 0.4) is 0 Å². The largest absolute Gasteiger partial charge is 0.310 e. The summed E-state index contributed by atoms with van der Waals surface area (Å²) < 4.78 is 0. The minimum atomic E-state index is 0.681. The van der Waals surface area contributed by atoms with E-state index in [1.807, 2.05) is 11.8 Å². The molecule has 2 aromatic rings. The molecule has 0 amide bonds. The Labute approximate surface area is 131 Å². The fraction of sp³-hybridized carbons (Fsp3) is 0.500. The monoisotopic (exact) mass is 300 g/mol. The van der Waals surface area contributed by atoms with E-state index in [1.165, 1.54) is 36.6 Å². The van der Waals surface area contributed by atoms with E-state index < -0.39 is 0 Å². The van der Waals surface area contributed by atoms with E-state index in [-0.39, 0.29) is 0 Å². The van der Waals surface area contributed by atoms with Crippen molar-refractivity contribution in [2.24, 2.45) is 0 Å². The fourth-order valence-electron chi connectivity index (χ4n) is 3.30. The number of fused-ring (bicyclic) bond motifs is 1. The standard InChI is InChI=1S/C18H24N2S/c1-13-11-14(17-5-3-4-6-18(17)20-13)12-19-15-7-9-16(21-2)10-8-15/h3-6,11,15-16,19H,7-10,12H2,1-2H3. The van der Waals surface area contributed by atoms with Crippen LogP contribution in [-0.2, 0) is 6.54 Å². The number of nitrogens with zero attached hydrogens (tertiary/aromatic N) is 1. The van der Waals surface area contributed by atoms with E-state index >= 15 is 0 Å². The van der Waals surface area contributed by atoms with Crippen molar-refractivity contribution in [2.45, 2.75) is 50.4 Å². The first-order valence-electron chi connectivity index (χ1n) is 7.87. The Morgan fingerprint density at radius 2 is 1.95 bits per heavy atom. The average molecular weight is 300 g/mol. The second-order valence-electron chi connectivity index (χ2n) is 6.03. The van der Waals surface area contributed by atoms with E-state index in [0.717, 1.165) is 23.0 Å². The molecule has 1 aromatic heterocycles. The molecule has 1 fully saturated rings. The van der Waals surface area contributed by atoms with Crippen molar-refractivity contribution in [3.63, 3.8) is 0 Å². The first-order chi connectivity index (χ1) is 10.3. The summed E-state index contributed by atoms with van der Waals surface area (Å²) in [5, 5.41) is 5.93. The van der Waals surface area contributed by atoms with Crippen molar-refractivity contribution in [3.05, 3.63) is 41.6 Å². The molecule has 0 unspecified atom stereocenters. The van der Waals surface area contributed by atoms with Crippen LogP contribution < -0.4 is 5.32 Å². The van der Waals surface area contributed by atoms with Crippen molar-refractivity contribution in [1.29, 1.82) is 0 Å². The predicted molar refractivity (Wildman–Crippen MR) is 92.9 cm³/mol. The van der Waals surface area contributed by atoms with Crippen LogP contribution in [0.1, 0.15) is 36.9 Å². The zero-order valence-electron chi connectivity index (χ0n) is 12.9. The second-order valence-corrected chi connectivity index (χ2v) is 7.17. The van der Waals surface area contributed by atoms with Crippen LogP contribution in [0, 0.1) is 6.92 Å². The van der Waals surface area contributed by atoms with Crippen LogP contribution in [0.4, 0.5) is 0 Å². The van der Waals surface area contributed by atoms with Gasteiger partial charge in [0.15, 0.2) is 0 Å². The smallest absolute Gasteiger partial charge is 0.0708 e. The van der Waals surface area contributed by atoms with Gasteiger partial charge in [-0.25, -0.2) is 0 Å². The minimum absolute atomic E-state index is 0.681. The number of hydrogen-bond acceptors (Lipinski definition) is 3. The van der Waals surface area contributed by atoms with Gasteiger partial charge in [-0.05, 0) is 56.6 Å². The maximum atomic E-state index is 4.62. The molecule has 0 bridgehead atoms. The molecule has 3 rings (SSSR count). The number of aryl methyl sites for hydroxylation is 1. The van der Waals surface area contributed by atoms with Gasteiger partial charge in [0, 0.05) is 28.9 Å². The molecule has 3 heteroatoms. The summed E-state index contributed by atoms with van der Waals surface area (Å²) in [6.07, 6.45) is 7.58. The molecule has 0 spiro atoms. The first kappa shape index (κ1) is 14.9. The highest BCUT2D eigenvalue weighted by Crippen LogP contribution is 2.27. The fourth-order valence-corrected chi connectivity index (χ4v) is 4.04. The Morgan fingerprint density at radius 3 is 2.71 bits per heavy atom. The lowest BCUT2D eigenvalue weighted by Crippen LogP contribution is -2.33. The normalized spacial score (nSPS) is 22.6. The van der Waals surface area contributed by atoms with E-state index in [2.05, 4.69) is 53.8 Å². The van der Waals surface area contributed by atoms with Gasteiger partial charge in [0.05, 0.1) is 5.52 Å². The van der Waals surface area contributed by atoms with Gasteiger partial charge < -0.3 is 5.32 Å². The molecule has 0 radical (unpaired) electrons. The Morgan fingerprint density at radius 1 is 1.19 bits per heavy atom. The van der Waals surface area contributed by atoms with Gasteiger partial charge in [-0.15, -0.1) is 0 Å². The molecule has 112 valence electrons. The third-order valence-corrected chi connectivity index (χ3v) is 5.66. The van der Waals surface area contributed by atoms with Gasteiger partial charge in [-0.3, -0.25) is 4.98 Å². The van der Waals surface area contributed by atoms with E-state index in [4.69, 9.17) is 0 Å². The molecular formula is C18H24N2S. The summed E-state index contributed by atoms with van der Waals surface area (Å²) in [5.41, 5.74) is 3.60. The molecule has 0 saturated heterocycles. The summed E-state index contributed by atoms with van der Waals surface area (Å²) >= 11 is 2.03. The highest BCUT2D eigenvalue weighted by Gasteiger charge is 2.20. The van der Waals surface area contributed by atoms with Gasteiger partial charge in [0.1, 0.15) is 0 Å². The molecule has 1 heterocycles. The van der Waals surface area contributed by atoms with Crippen LogP contribution in [0.25, 0.3) is 10.9 Å². The van der Waals surface area contributed by atoms with Crippen LogP contribution in [0.2, 0.25) is 0 Å². The number of benzene rings is 1. The van der Waals surface area contributed by atoms with Crippen molar-refractivity contribution in [3.8, 4) is 0 Å². The summed E-state index contributed by atoms with van der Waals surface area (Å²) in [5.74, 6) is 0. The van der Waals surface area contributed by atoms with Gasteiger partial charge >= 0.3 is 0 Å². The van der Waals surface area contributed by atoms with Gasteiger partial charge in [-0.2, -0.15) is 11.8 Å². The molecule has 1 aliphatic carbocycles. The van der Waals surface area contributed by atoms with Gasteiger partial charge in [0.25, 0.3) is 0 Å². The number of hydrogen-bond donors (Lipinski definition) is 1. The zero-order valence-corrected chi connectivity index (χ0v) is 13.7. The number of rotatable bonds is 4. The highest BCUT2D eigenvalue weighted by atomic mass is 32.2. The molecule has 1 saturated carbocycles. The Hall–Kier alpha value is -1.06. The van der Waals surface area contributed by atoms with Gasteiger partial charge in [-0.1, -0.05) is 18.2 Å². The highest BCUT2D eigenvalue weighted by molar-refractivity contribution is 7.99. The minimum Gasteiger partial charge on any atom is -0.310 e. The summed E-state index contributed by atoms with van der Waals surface area (Å²) in [4.78, 5) is 4.62. The van der Waals surface area contributed by atoms with Crippen LogP contribution >= 0.6 is 11.8 Å². The zero-order chi connectivity index (χ0) is 14.7. The maximum Gasteiger partial charge on any atom is 0.0708 e. The first-order valence-corrected chi connectivity index (χ1v) is 9.16. The van der Waals surface area contributed by atoms with E-state index in [1.54, 1.807) is 0 Å². The summed E-state index contributed by atoms with van der Waals surface area (Å²) in [6.45, 7) is 3.04.